The zero-order valence-corrected chi connectivity index (χ0v) is 7.12. The van der Waals surface area contributed by atoms with E-state index in [1.807, 2.05) is 24.3 Å². The average molecular weight is 179 g/mol. The lowest BCUT2D eigenvalue weighted by molar-refractivity contribution is 1.26. The van der Waals surface area contributed by atoms with Gasteiger partial charge in [0.15, 0.2) is 0 Å². The zero-order valence-electron chi connectivity index (χ0n) is 6.37. The summed E-state index contributed by atoms with van der Waals surface area (Å²) >= 11 is 5.46. The van der Waals surface area contributed by atoms with Gasteiger partial charge in [-0.15, -0.1) is 11.6 Å². The SMILES string of the molecule is N#Cc1cc(C=CCCl)ccn1. The quantitative estimate of drug-likeness (QED) is 0.651. The maximum absolute atomic E-state index is 8.52. The standard InChI is InChI=1S/C9H7ClN2/c10-4-1-2-8-3-5-12-9(6-8)7-11/h1-3,5-6H,4H2. The summed E-state index contributed by atoms with van der Waals surface area (Å²) in [6.07, 6.45) is 5.28. The molecule has 3 heteroatoms. The Kier molecular flexibility index (Phi) is 3.31. The zero-order chi connectivity index (χ0) is 8.81. The summed E-state index contributed by atoms with van der Waals surface area (Å²) in [5, 5.41) is 8.52. The summed E-state index contributed by atoms with van der Waals surface area (Å²) in [7, 11) is 0. The molecule has 0 spiro atoms. The second-order valence-corrected chi connectivity index (χ2v) is 2.45. The normalized spacial score (nSPS) is 10.0. The molecule has 1 aromatic heterocycles. The Morgan fingerprint density at radius 1 is 1.67 bits per heavy atom. The molecule has 0 aliphatic carbocycles. The highest BCUT2D eigenvalue weighted by atomic mass is 35.5. The van der Waals surface area contributed by atoms with Gasteiger partial charge in [0.25, 0.3) is 0 Å². The monoisotopic (exact) mass is 178 g/mol. The van der Waals surface area contributed by atoms with Crippen molar-refractivity contribution in [2.24, 2.45) is 0 Å². The maximum Gasteiger partial charge on any atom is 0.141 e. The van der Waals surface area contributed by atoms with E-state index in [1.165, 1.54) is 0 Å². The Balaban J connectivity index is 2.88. The van der Waals surface area contributed by atoms with Crippen molar-refractivity contribution in [3.63, 3.8) is 0 Å². The topological polar surface area (TPSA) is 36.7 Å². The lowest BCUT2D eigenvalue weighted by Gasteiger charge is -1.91. The lowest BCUT2D eigenvalue weighted by Crippen LogP contribution is -1.81. The molecular weight excluding hydrogens is 172 g/mol. The van der Waals surface area contributed by atoms with Crippen LogP contribution in [0.2, 0.25) is 0 Å². The first-order valence-electron chi connectivity index (χ1n) is 3.45. The molecule has 0 saturated heterocycles. The molecule has 1 heterocycles. The van der Waals surface area contributed by atoms with Gasteiger partial charge >= 0.3 is 0 Å². The van der Waals surface area contributed by atoms with Gasteiger partial charge in [0.2, 0.25) is 0 Å². The van der Waals surface area contributed by atoms with E-state index in [1.54, 1.807) is 12.3 Å². The highest BCUT2D eigenvalue weighted by Gasteiger charge is 1.90. The number of nitrogens with zero attached hydrogens (tertiary/aromatic N) is 2. The number of hydrogen-bond donors (Lipinski definition) is 0. The van der Waals surface area contributed by atoms with Crippen LogP contribution in [-0.4, -0.2) is 10.9 Å². The lowest BCUT2D eigenvalue weighted by atomic mass is 10.2. The van der Waals surface area contributed by atoms with Gasteiger partial charge in [-0.05, 0) is 17.7 Å². The smallest absolute Gasteiger partial charge is 0.141 e. The van der Waals surface area contributed by atoms with Crippen LogP contribution in [0.15, 0.2) is 24.4 Å². The Bertz CT molecular complexity index is 326. The molecule has 60 valence electrons. The molecule has 1 rings (SSSR count). The summed E-state index contributed by atoms with van der Waals surface area (Å²) in [5.41, 5.74) is 1.37. The highest BCUT2D eigenvalue weighted by molar-refractivity contribution is 6.19. The van der Waals surface area contributed by atoms with Crippen LogP contribution in [0.4, 0.5) is 0 Å². The Hall–Kier alpha value is -1.33. The van der Waals surface area contributed by atoms with Crippen LogP contribution in [0.1, 0.15) is 11.3 Å². The fraction of sp³-hybridized carbons (Fsp3) is 0.111. The first kappa shape index (κ1) is 8.76. The third-order valence-electron chi connectivity index (χ3n) is 1.30. The van der Waals surface area contributed by atoms with Gasteiger partial charge in [0.1, 0.15) is 11.8 Å². The van der Waals surface area contributed by atoms with Crippen molar-refractivity contribution in [1.82, 2.24) is 4.98 Å². The van der Waals surface area contributed by atoms with Gasteiger partial charge in [-0.3, -0.25) is 0 Å². The minimum Gasteiger partial charge on any atom is -0.246 e. The molecule has 0 fully saturated rings. The summed E-state index contributed by atoms with van der Waals surface area (Å²) in [6, 6.07) is 5.50. The number of alkyl halides is 1. The minimum atomic E-state index is 0.423. The van der Waals surface area contributed by atoms with E-state index < -0.39 is 0 Å². The first-order valence-corrected chi connectivity index (χ1v) is 3.99. The number of aromatic nitrogens is 1. The van der Waals surface area contributed by atoms with E-state index in [0.717, 1.165) is 5.56 Å². The second-order valence-electron chi connectivity index (χ2n) is 2.14. The number of halogens is 1. The van der Waals surface area contributed by atoms with E-state index in [4.69, 9.17) is 16.9 Å². The predicted octanol–water partition coefficient (Wildman–Crippen LogP) is 2.21. The molecule has 0 aromatic carbocycles. The van der Waals surface area contributed by atoms with Crippen molar-refractivity contribution < 1.29 is 0 Å². The summed E-state index contributed by atoms with van der Waals surface area (Å²) < 4.78 is 0. The number of nitriles is 1. The number of hydrogen-bond acceptors (Lipinski definition) is 2. The Morgan fingerprint density at radius 3 is 3.17 bits per heavy atom. The summed E-state index contributed by atoms with van der Waals surface area (Å²) in [5.74, 6) is 0.476. The number of rotatable bonds is 2. The highest BCUT2D eigenvalue weighted by Crippen LogP contribution is 2.02. The van der Waals surface area contributed by atoms with Crippen LogP contribution in [0.3, 0.4) is 0 Å². The van der Waals surface area contributed by atoms with E-state index in [2.05, 4.69) is 4.98 Å². The van der Waals surface area contributed by atoms with Crippen LogP contribution >= 0.6 is 11.6 Å². The molecule has 0 aliphatic heterocycles. The molecule has 0 unspecified atom stereocenters. The second kappa shape index (κ2) is 4.53. The summed E-state index contributed by atoms with van der Waals surface area (Å²) in [6.45, 7) is 0. The molecule has 2 nitrogen and oxygen atoms in total. The number of allylic oxidation sites excluding steroid dienone is 1. The first-order chi connectivity index (χ1) is 5.86. The largest absolute Gasteiger partial charge is 0.246 e. The van der Waals surface area contributed by atoms with Gasteiger partial charge in [0, 0.05) is 12.1 Å². The van der Waals surface area contributed by atoms with Gasteiger partial charge in [-0.1, -0.05) is 12.2 Å². The van der Waals surface area contributed by atoms with Crippen molar-refractivity contribution in [3.8, 4) is 6.07 Å². The van der Waals surface area contributed by atoms with Crippen molar-refractivity contribution in [2.45, 2.75) is 0 Å². The van der Waals surface area contributed by atoms with Gasteiger partial charge in [-0.25, -0.2) is 4.98 Å². The van der Waals surface area contributed by atoms with E-state index in [9.17, 15) is 0 Å². The van der Waals surface area contributed by atoms with E-state index in [0.29, 0.717) is 11.6 Å². The van der Waals surface area contributed by atoms with Gasteiger partial charge in [-0.2, -0.15) is 5.26 Å². The predicted molar refractivity (Wildman–Crippen MR) is 48.7 cm³/mol. The van der Waals surface area contributed by atoms with Crippen molar-refractivity contribution in [1.29, 1.82) is 5.26 Å². The molecule has 12 heavy (non-hydrogen) atoms. The van der Waals surface area contributed by atoms with Crippen molar-refractivity contribution >= 4 is 17.7 Å². The molecular formula is C9H7ClN2. The Labute approximate surface area is 76.1 Å². The Morgan fingerprint density at radius 2 is 2.50 bits per heavy atom. The molecule has 1 aromatic rings. The van der Waals surface area contributed by atoms with Crippen LogP contribution in [0.25, 0.3) is 6.08 Å². The van der Waals surface area contributed by atoms with Crippen molar-refractivity contribution in [3.05, 3.63) is 35.7 Å². The molecule has 0 aliphatic rings. The van der Waals surface area contributed by atoms with Crippen LogP contribution in [0, 0.1) is 11.3 Å². The van der Waals surface area contributed by atoms with Gasteiger partial charge < -0.3 is 0 Å². The molecule has 0 radical (unpaired) electrons. The van der Waals surface area contributed by atoms with Crippen LogP contribution < -0.4 is 0 Å². The molecule has 0 amide bonds. The molecule has 0 saturated carbocycles. The molecule has 0 N–H and O–H groups in total. The molecule has 0 bridgehead atoms. The number of pyridine rings is 1. The van der Waals surface area contributed by atoms with Crippen LogP contribution in [-0.2, 0) is 0 Å². The van der Waals surface area contributed by atoms with Crippen LogP contribution in [0.5, 0.6) is 0 Å². The summed E-state index contributed by atoms with van der Waals surface area (Å²) in [4.78, 5) is 3.84. The molecule has 0 atom stereocenters. The van der Waals surface area contributed by atoms with Gasteiger partial charge in [0.05, 0.1) is 0 Å². The third kappa shape index (κ3) is 2.37. The van der Waals surface area contributed by atoms with Crippen molar-refractivity contribution in [2.75, 3.05) is 5.88 Å². The average Bonchev–Trinajstić information content (AvgIpc) is 2.15. The fourth-order valence-electron chi connectivity index (χ4n) is 0.792. The third-order valence-corrected chi connectivity index (χ3v) is 1.48. The van der Waals surface area contributed by atoms with E-state index in [-0.39, 0.29) is 0 Å². The minimum absolute atomic E-state index is 0.423. The maximum atomic E-state index is 8.52. The van der Waals surface area contributed by atoms with E-state index >= 15 is 0 Å². The fourth-order valence-corrected chi connectivity index (χ4v) is 0.881.